The second-order valence-electron chi connectivity index (χ2n) is 7.05. The Balaban J connectivity index is 1.86. The van der Waals surface area contributed by atoms with Gasteiger partial charge in [0.1, 0.15) is 4.90 Å². The number of thiophene rings is 1. The molecule has 0 fully saturated rings. The fraction of sp³-hybridized carbons (Fsp3) is 0.227. The summed E-state index contributed by atoms with van der Waals surface area (Å²) < 4.78 is 37.6. The molecule has 4 rings (SSSR count). The molecule has 0 unspecified atom stereocenters. The van der Waals surface area contributed by atoms with Crippen molar-refractivity contribution in [3.05, 3.63) is 63.8 Å². The minimum absolute atomic E-state index is 0.119. The Morgan fingerprint density at radius 3 is 2.57 bits per heavy atom. The minimum Gasteiger partial charge on any atom is -0.493 e. The molecule has 0 bridgehead atoms. The van der Waals surface area contributed by atoms with Gasteiger partial charge in [0, 0.05) is 28.2 Å². The van der Waals surface area contributed by atoms with Crippen molar-refractivity contribution in [2.75, 3.05) is 19.5 Å². The van der Waals surface area contributed by atoms with Gasteiger partial charge < -0.3 is 14.8 Å². The fourth-order valence-corrected chi connectivity index (χ4v) is 6.75. The van der Waals surface area contributed by atoms with E-state index in [1.807, 2.05) is 25.1 Å². The minimum atomic E-state index is -3.78. The number of para-hydroxylation sites is 1. The van der Waals surface area contributed by atoms with Gasteiger partial charge in [-0.15, -0.1) is 11.3 Å². The van der Waals surface area contributed by atoms with E-state index in [9.17, 15) is 13.2 Å². The number of carbonyl (C=O) groups excluding carboxylic acids is 1. The summed E-state index contributed by atoms with van der Waals surface area (Å²) in [6.07, 6.45) is 0.195. The van der Waals surface area contributed by atoms with Gasteiger partial charge in [-0.2, -0.15) is 0 Å². The highest BCUT2D eigenvalue weighted by atomic mass is 32.2. The molecule has 0 spiro atoms. The number of methoxy groups -OCH3 is 2. The summed E-state index contributed by atoms with van der Waals surface area (Å²) in [6, 6.07) is 12.3. The third-order valence-electron chi connectivity index (χ3n) is 5.15. The highest BCUT2D eigenvalue weighted by Crippen LogP contribution is 2.49. The first-order valence-corrected chi connectivity index (χ1v) is 11.7. The third-order valence-corrected chi connectivity index (χ3v) is 8.18. The van der Waals surface area contributed by atoms with Crippen LogP contribution in [-0.4, -0.2) is 28.5 Å². The predicted octanol–water partition coefficient (Wildman–Crippen LogP) is 4.38. The first-order chi connectivity index (χ1) is 14.4. The average molecular weight is 444 g/mol. The molecule has 1 aliphatic heterocycles. The first-order valence-electron chi connectivity index (χ1n) is 9.30. The molecule has 3 aromatic rings. The fourth-order valence-electron chi connectivity index (χ4n) is 3.75. The number of rotatable bonds is 5. The van der Waals surface area contributed by atoms with Crippen LogP contribution in [0.25, 0.3) is 0 Å². The van der Waals surface area contributed by atoms with E-state index in [1.54, 1.807) is 43.9 Å². The van der Waals surface area contributed by atoms with Crippen LogP contribution in [0.5, 0.6) is 11.5 Å². The highest BCUT2D eigenvalue weighted by Gasteiger charge is 2.36. The van der Waals surface area contributed by atoms with Gasteiger partial charge in [-0.25, -0.2) is 8.42 Å². The number of benzene rings is 2. The van der Waals surface area contributed by atoms with Crippen LogP contribution in [0.1, 0.15) is 28.3 Å². The van der Waals surface area contributed by atoms with E-state index in [0.29, 0.717) is 17.2 Å². The Labute approximate surface area is 179 Å². The number of nitrogens with one attached hydrogen (secondary N) is 1. The second-order valence-corrected chi connectivity index (χ2v) is 9.88. The van der Waals surface area contributed by atoms with Crippen molar-refractivity contribution < 1.29 is 22.7 Å². The molecule has 30 heavy (non-hydrogen) atoms. The molecule has 1 N–H and O–H groups in total. The van der Waals surface area contributed by atoms with E-state index in [1.165, 1.54) is 11.3 Å². The summed E-state index contributed by atoms with van der Waals surface area (Å²) in [4.78, 5) is 13.7. The van der Waals surface area contributed by atoms with E-state index in [0.717, 1.165) is 16.0 Å². The van der Waals surface area contributed by atoms with Crippen molar-refractivity contribution in [3.8, 4) is 11.5 Å². The lowest BCUT2D eigenvalue weighted by Gasteiger charge is -2.25. The average Bonchev–Trinajstić information content (AvgIpc) is 3.17. The van der Waals surface area contributed by atoms with E-state index in [2.05, 4.69) is 5.32 Å². The van der Waals surface area contributed by atoms with E-state index < -0.39 is 9.84 Å². The van der Waals surface area contributed by atoms with Crippen molar-refractivity contribution in [3.63, 3.8) is 0 Å². The number of aryl methyl sites for hydroxylation is 1. The molecular formula is C22H21NO5S2. The topological polar surface area (TPSA) is 81.7 Å². The van der Waals surface area contributed by atoms with Crippen LogP contribution in [0.2, 0.25) is 0 Å². The zero-order chi connectivity index (χ0) is 21.5. The summed E-state index contributed by atoms with van der Waals surface area (Å²) in [7, 11) is -0.675. The lowest BCUT2D eigenvalue weighted by atomic mass is 9.89. The van der Waals surface area contributed by atoms with Crippen molar-refractivity contribution >= 4 is 32.8 Å². The molecule has 8 heteroatoms. The van der Waals surface area contributed by atoms with E-state index >= 15 is 0 Å². The van der Waals surface area contributed by atoms with Crippen molar-refractivity contribution in [1.29, 1.82) is 0 Å². The molecule has 0 saturated carbocycles. The van der Waals surface area contributed by atoms with Crippen molar-refractivity contribution in [1.82, 2.24) is 0 Å². The van der Waals surface area contributed by atoms with Crippen LogP contribution in [0.3, 0.4) is 0 Å². The standard InChI is InChI=1S/C22H21NO5S2/c1-13-6-4-7-14(10-13)30(25,26)18-12-29-22-16(11-19(24)23-20(18)22)15-8-5-9-17(27-2)21(15)28-3/h4-10,12,16H,11H2,1-3H3,(H,23,24)/t16-/m1/s1. The van der Waals surface area contributed by atoms with E-state index in [4.69, 9.17) is 9.47 Å². The van der Waals surface area contributed by atoms with Crippen LogP contribution in [0, 0.1) is 6.92 Å². The Kier molecular flexibility index (Phi) is 5.29. The Morgan fingerprint density at radius 2 is 1.87 bits per heavy atom. The number of anilines is 1. The lowest BCUT2D eigenvalue weighted by molar-refractivity contribution is -0.116. The number of hydrogen-bond acceptors (Lipinski definition) is 6. The van der Waals surface area contributed by atoms with Crippen LogP contribution < -0.4 is 14.8 Å². The number of sulfone groups is 1. The molecular weight excluding hydrogens is 422 g/mol. The molecule has 1 aliphatic rings. The zero-order valence-corrected chi connectivity index (χ0v) is 18.4. The maximum Gasteiger partial charge on any atom is 0.225 e. The lowest BCUT2D eigenvalue weighted by Crippen LogP contribution is -2.23. The van der Waals surface area contributed by atoms with Crippen molar-refractivity contribution in [2.24, 2.45) is 0 Å². The van der Waals surface area contributed by atoms with Gasteiger partial charge >= 0.3 is 0 Å². The Hall–Kier alpha value is -2.84. The van der Waals surface area contributed by atoms with Crippen LogP contribution in [0.4, 0.5) is 5.69 Å². The number of hydrogen-bond donors (Lipinski definition) is 1. The molecule has 6 nitrogen and oxygen atoms in total. The van der Waals surface area contributed by atoms with Crippen LogP contribution >= 0.6 is 11.3 Å². The highest BCUT2D eigenvalue weighted by molar-refractivity contribution is 7.91. The van der Waals surface area contributed by atoms with Gasteiger partial charge in [0.05, 0.1) is 24.8 Å². The summed E-state index contributed by atoms with van der Waals surface area (Å²) >= 11 is 1.33. The maximum atomic E-state index is 13.3. The second kappa shape index (κ2) is 7.77. The van der Waals surface area contributed by atoms with E-state index in [-0.39, 0.29) is 28.0 Å². The molecule has 0 aliphatic carbocycles. The van der Waals surface area contributed by atoms with Gasteiger partial charge in [-0.05, 0) is 30.7 Å². The summed E-state index contributed by atoms with van der Waals surface area (Å²) in [5, 5.41) is 4.39. The molecule has 1 amide bonds. The van der Waals surface area contributed by atoms with Gasteiger partial charge in [0.25, 0.3) is 0 Å². The Bertz CT molecular complexity index is 1230. The largest absolute Gasteiger partial charge is 0.493 e. The molecule has 156 valence electrons. The van der Waals surface area contributed by atoms with Gasteiger partial charge in [-0.3, -0.25) is 4.79 Å². The number of amides is 1. The number of carbonyl (C=O) groups is 1. The van der Waals surface area contributed by atoms with Gasteiger partial charge in [0.15, 0.2) is 11.5 Å². The maximum absolute atomic E-state index is 13.3. The summed E-state index contributed by atoms with van der Waals surface area (Å²) in [6.45, 7) is 1.84. The normalized spacial score (nSPS) is 16.0. The van der Waals surface area contributed by atoms with Gasteiger partial charge in [0.2, 0.25) is 15.7 Å². The van der Waals surface area contributed by atoms with Crippen LogP contribution in [0.15, 0.2) is 57.6 Å². The number of ether oxygens (including phenoxy) is 2. The molecule has 0 radical (unpaired) electrons. The summed E-state index contributed by atoms with van der Waals surface area (Å²) in [5.41, 5.74) is 1.99. The Morgan fingerprint density at radius 1 is 1.10 bits per heavy atom. The van der Waals surface area contributed by atoms with Crippen molar-refractivity contribution in [2.45, 2.75) is 29.1 Å². The molecule has 2 heterocycles. The third kappa shape index (κ3) is 3.36. The SMILES string of the molecule is COc1cccc([C@H]2CC(=O)Nc3c(S(=O)(=O)c4cccc(C)c4)csc32)c1OC. The quantitative estimate of drug-likeness (QED) is 0.633. The number of fused-ring (bicyclic) bond motifs is 1. The zero-order valence-electron chi connectivity index (χ0n) is 16.8. The predicted molar refractivity (Wildman–Crippen MR) is 116 cm³/mol. The molecule has 2 aromatic carbocycles. The van der Waals surface area contributed by atoms with Gasteiger partial charge in [-0.1, -0.05) is 24.3 Å². The summed E-state index contributed by atoms with van der Waals surface area (Å²) in [5.74, 6) is 0.538. The molecule has 0 saturated heterocycles. The molecule has 1 atom stereocenters. The van der Waals surface area contributed by atoms with Crippen LogP contribution in [-0.2, 0) is 14.6 Å². The molecule has 1 aromatic heterocycles. The first kappa shape index (κ1) is 20.4. The monoisotopic (exact) mass is 443 g/mol. The smallest absolute Gasteiger partial charge is 0.225 e.